The summed E-state index contributed by atoms with van der Waals surface area (Å²) in [6.45, 7) is 2.86. The van der Waals surface area contributed by atoms with E-state index in [1.165, 1.54) is 24.6 Å². The van der Waals surface area contributed by atoms with Gasteiger partial charge in [0.2, 0.25) is 10.0 Å². The molecule has 1 heterocycles. The molecule has 5 nitrogen and oxygen atoms in total. The molecule has 1 aromatic heterocycles. The number of halogens is 1. The lowest BCUT2D eigenvalue weighted by Gasteiger charge is -2.13. The molecule has 108 valence electrons. The Bertz CT molecular complexity index is 488. The normalized spacial score (nSPS) is 13.5. The molecule has 0 aromatic carbocycles. The number of anilines is 1. The SMILES string of the molecule is CC(CCCl)CNc1ccc(S(=O)(=O)N(C)C)cn1. The molecule has 0 aliphatic heterocycles. The standard InChI is InChI=1S/C12H20ClN3O2S/c1-10(6-7-13)8-14-12-5-4-11(9-15-12)19(17,18)16(2)3/h4-5,9-10H,6-8H2,1-3H3,(H,14,15). The van der Waals surface area contributed by atoms with Crippen LogP contribution in [0.5, 0.6) is 0 Å². The second-order valence-electron chi connectivity index (χ2n) is 4.63. The van der Waals surface area contributed by atoms with Gasteiger partial charge in [0.1, 0.15) is 10.7 Å². The van der Waals surface area contributed by atoms with Crippen molar-refractivity contribution in [3.05, 3.63) is 18.3 Å². The van der Waals surface area contributed by atoms with Crippen LogP contribution in [0.15, 0.2) is 23.2 Å². The highest BCUT2D eigenvalue weighted by Crippen LogP contribution is 2.14. The fourth-order valence-electron chi connectivity index (χ4n) is 1.42. The van der Waals surface area contributed by atoms with Crippen LogP contribution in [-0.2, 0) is 10.0 Å². The van der Waals surface area contributed by atoms with Crippen LogP contribution in [0.2, 0.25) is 0 Å². The topological polar surface area (TPSA) is 62.3 Å². The van der Waals surface area contributed by atoms with E-state index in [1.807, 2.05) is 0 Å². The second-order valence-corrected chi connectivity index (χ2v) is 7.16. The van der Waals surface area contributed by atoms with Crippen LogP contribution in [0.3, 0.4) is 0 Å². The Hall–Kier alpha value is -0.850. The zero-order valence-corrected chi connectivity index (χ0v) is 13.0. The van der Waals surface area contributed by atoms with Crippen molar-refractivity contribution in [3.8, 4) is 0 Å². The quantitative estimate of drug-likeness (QED) is 0.783. The molecular weight excluding hydrogens is 286 g/mol. The molecule has 0 bridgehead atoms. The summed E-state index contributed by atoms with van der Waals surface area (Å²) >= 11 is 5.66. The minimum absolute atomic E-state index is 0.192. The van der Waals surface area contributed by atoms with Crippen LogP contribution in [0.4, 0.5) is 5.82 Å². The van der Waals surface area contributed by atoms with E-state index < -0.39 is 10.0 Å². The van der Waals surface area contributed by atoms with E-state index in [1.54, 1.807) is 12.1 Å². The number of aromatic nitrogens is 1. The van der Waals surface area contributed by atoms with Gasteiger partial charge in [-0.25, -0.2) is 17.7 Å². The fraction of sp³-hybridized carbons (Fsp3) is 0.583. The Balaban J connectivity index is 2.67. The Morgan fingerprint density at radius 3 is 2.58 bits per heavy atom. The number of nitrogens with zero attached hydrogens (tertiary/aromatic N) is 2. The largest absolute Gasteiger partial charge is 0.370 e. The number of alkyl halides is 1. The van der Waals surface area contributed by atoms with Crippen LogP contribution in [0.25, 0.3) is 0 Å². The maximum absolute atomic E-state index is 11.8. The van der Waals surface area contributed by atoms with Crippen LogP contribution in [0, 0.1) is 5.92 Å². The summed E-state index contributed by atoms with van der Waals surface area (Å²) < 4.78 is 24.9. The first-order chi connectivity index (χ1) is 8.87. The molecule has 0 amide bonds. The van der Waals surface area contributed by atoms with Crippen molar-refractivity contribution < 1.29 is 8.42 Å². The number of pyridine rings is 1. The minimum atomic E-state index is -3.41. The van der Waals surface area contributed by atoms with Crippen LogP contribution >= 0.6 is 11.6 Å². The lowest BCUT2D eigenvalue weighted by Crippen LogP contribution is -2.22. The van der Waals surface area contributed by atoms with Crippen molar-refractivity contribution in [1.82, 2.24) is 9.29 Å². The Morgan fingerprint density at radius 1 is 1.42 bits per heavy atom. The molecule has 7 heteroatoms. The van der Waals surface area contributed by atoms with Crippen molar-refractivity contribution in [2.75, 3.05) is 31.8 Å². The first-order valence-corrected chi connectivity index (χ1v) is 8.03. The summed E-state index contributed by atoms with van der Waals surface area (Å²) in [5.41, 5.74) is 0. The zero-order valence-electron chi connectivity index (χ0n) is 11.4. The molecule has 1 unspecified atom stereocenters. The molecule has 1 atom stereocenters. The molecule has 0 spiro atoms. The van der Waals surface area contributed by atoms with E-state index in [2.05, 4.69) is 17.2 Å². The maximum atomic E-state index is 11.8. The molecular formula is C12H20ClN3O2S. The summed E-state index contributed by atoms with van der Waals surface area (Å²) in [4.78, 5) is 4.30. The molecule has 1 rings (SSSR count). The van der Waals surface area contributed by atoms with Gasteiger partial charge in [0, 0.05) is 32.7 Å². The van der Waals surface area contributed by atoms with Crippen molar-refractivity contribution in [2.45, 2.75) is 18.2 Å². The lowest BCUT2D eigenvalue weighted by atomic mass is 10.1. The average molecular weight is 306 g/mol. The average Bonchev–Trinajstić information content (AvgIpc) is 2.37. The molecule has 1 N–H and O–H groups in total. The van der Waals surface area contributed by atoms with Crippen molar-refractivity contribution in [1.29, 1.82) is 0 Å². The van der Waals surface area contributed by atoms with Gasteiger partial charge in [-0.15, -0.1) is 11.6 Å². The van der Waals surface area contributed by atoms with Crippen molar-refractivity contribution in [3.63, 3.8) is 0 Å². The molecule has 19 heavy (non-hydrogen) atoms. The van der Waals surface area contributed by atoms with Crippen molar-refractivity contribution in [2.24, 2.45) is 5.92 Å². The van der Waals surface area contributed by atoms with Gasteiger partial charge in [-0.3, -0.25) is 0 Å². The van der Waals surface area contributed by atoms with E-state index >= 15 is 0 Å². The van der Waals surface area contributed by atoms with E-state index in [-0.39, 0.29) is 4.90 Å². The predicted octanol–water partition coefficient (Wildman–Crippen LogP) is 2.01. The lowest BCUT2D eigenvalue weighted by molar-refractivity contribution is 0.520. The van der Waals surface area contributed by atoms with Crippen LogP contribution < -0.4 is 5.32 Å². The summed E-state index contributed by atoms with van der Waals surface area (Å²) in [5.74, 6) is 1.75. The Kier molecular flexibility index (Phi) is 6.03. The molecule has 0 radical (unpaired) electrons. The van der Waals surface area contributed by atoms with Gasteiger partial charge in [-0.1, -0.05) is 6.92 Å². The van der Waals surface area contributed by atoms with Gasteiger partial charge in [0.05, 0.1) is 0 Å². The summed E-state index contributed by atoms with van der Waals surface area (Å²) in [7, 11) is -0.417. The van der Waals surface area contributed by atoms with Gasteiger partial charge < -0.3 is 5.32 Å². The molecule has 0 aliphatic rings. The number of rotatable bonds is 7. The molecule has 0 saturated heterocycles. The highest BCUT2D eigenvalue weighted by molar-refractivity contribution is 7.89. The molecule has 0 aliphatic carbocycles. The molecule has 0 saturated carbocycles. The first kappa shape index (κ1) is 16.2. The summed E-state index contributed by atoms with van der Waals surface area (Å²) in [6.07, 6.45) is 2.30. The third-order valence-electron chi connectivity index (χ3n) is 2.75. The Morgan fingerprint density at radius 2 is 2.11 bits per heavy atom. The number of hydrogen-bond donors (Lipinski definition) is 1. The summed E-state index contributed by atoms with van der Waals surface area (Å²) in [6, 6.07) is 3.22. The smallest absolute Gasteiger partial charge is 0.244 e. The van der Waals surface area contributed by atoms with Gasteiger partial charge in [-0.05, 0) is 24.5 Å². The maximum Gasteiger partial charge on any atom is 0.244 e. The number of nitrogens with one attached hydrogen (secondary N) is 1. The van der Waals surface area contributed by atoms with E-state index in [4.69, 9.17) is 11.6 Å². The van der Waals surface area contributed by atoms with Crippen LogP contribution in [0.1, 0.15) is 13.3 Å². The van der Waals surface area contributed by atoms with Crippen molar-refractivity contribution >= 4 is 27.4 Å². The highest BCUT2D eigenvalue weighted by Gasteiger charge is 2.17. The fourth-order valence-corrected chi connectivity index (χ4v) is 2.64. The van der Waals surface area contributed by atoms with E-state index in [0.29, 0.717) is 17.6 Å². The van der Waals surface area contributed by atoms with Gasteiger partial charge in [0.25, 0.3) is 0 Å². The van der Waals surface area contributed by atoms with E-state index in [0.717, 1.165) is 13.0 Å². The monoisotopic (exact) mass is 305 g/mol. The minimum Gasteiger partial charge on any atom is -0.370 e. The predicted molar refractivity (Wildman–Crippen MR) is 78.1 cm³/mol. The van der Waals surface area contributed by atoms with Crippen LogP contribution in [-0.4, -0.2) is 44.2 Å². The second kappa shape index (κ2) is 7.07. The first-order valence-electron chi connectivity index (χ1n) is 6.06. The van der Waals surface area contributed by atoms with E-state index in [9.17, 15) is 8.42 Å². The van der Waals surface area contributed by atoms with Gasteiger partial charge >= 0.3 is 0 Å². The Labute approximate surface area is 120 Å². The summed E-state index contributed by atoms with van der Waals surface area (Å²) in [5, 5.41) is 3.16. The molecule has 0 fully saturated rings. The molecule has 1 aromatic rings. The number of sulfonamides is 1. The van der Waals surface area contributed by atoms with Gasteiger partial charge in [0.15, 0.2) is 0 Å². The van der Waals surface area contributed by atoms with Gasteiger partial charge in [-0.2, -0.15) is 0 Å². The zero-order chi connectivity index (χ0) is 14.5. The third-order valence-corrected chi connectivity index (χ3v) is 4.77. The highest BCUT2D eigenvalue weighted by atomic mass is 35.5. The number of hydrogen-bond acceptors (Lipinski definition) is 4. The third kappa shape index (κ3) is 4.63.